The Balaban J connectivity index is 2.36. The van der Waals surface area contributed by atoms with E-state index in [2.05, 4.69) is 5.32 Å². The van der Waals surface area contributed by atoms with Gasteiger partial charge in [0.05, 0.1) is 0 Å². The molecule has 0 aliphatic carbocycles. The fraction of sp³-hybridized carbons (Fsp3) is 0.467. The Morgan fingerprint density at radius 1 is 1.27 bits per heavy atom. The molecule has 22 heavy (non-hydrogen) atoms. The third-order valence-corrected chi connectivity index (χ3v) is 3.79. The summed E-state index contributed by atoms with van der Waals surface area (Å²) in [7, 11) is 0. The molecule has 7 heteroatoms. The second kappa shape index (κ2) is 6.43. The monoisotopic (exact) mass is 309 g/mol. The van der Waals surface area contributed by atoms with Gasteiger partial charge >= 0.3 is 11.9 Å². The summed E-state index contributed by atoms with van der Waals surface area (Å²) in [6.45, 7) is 2.71. The van der Waals surface area contributed by atoms with Gasteiger partial charge in [0.2, 0.25) is 0 Å². The molecule has 3 atom stereocenters. The summed E-state index contributed by atoms with van der Waals surface area (Å²) in [5.41, 5.74) is 0.750. The topological polar surface area (TPSA) is 116 Å². The van der Waals surface area contributed by atoms with Gasteiger partial charge < -0.3 is 25.4 Å². The Labute approximate surface area is 127 Å². The van der Waals surface area contributed by atoms with E-state index in [0.29, 0.717) is 13.1 Å². The van der Waals surface area contributed by atoms with Crippen molar-refractivity contribution in [2.24, 2.45) is 0 Å². The molecule has 1 aliphatic heterocycles. The normalized spacial score (nSPS) is 23.9. The van der Waals surface area contributed by atoms with E-state index in [1.807, 2.05) is 24.3 Å². The third-order valence-electron chi connectivity index (χ3n) is 3.79. The van der Waals surface area contributed by atoms with Crippen LogP contribution >= 0.6 is 0 Å². The zero-order chi connectivity index (χ0) is 16.3. The molecule has 4 N–H and O–H groups in total. The van der Waals surface area contributed by atoms with Crippen LogP contribution < -0.4 is 5.32 Å². The van der Waals surface area contributed by atoms with E-state index >= 15 is 0 Å². The highest BCUT2D eigenvalue weighted by atomic mass is 16.5. The molecule has 1 aromatic rings. The molecule has 0 bridgehead atoms. The maximum atomic E-state index is 11.3. The first-order chi connectivity index (χ1) is 10.3. The maximum absolute atomic E-state index is 11.3. The Hall–Kier alpha value is -1.96. The van der Waals surface area contributed by atoms with Crippen molar-refractivity contribution in [3.8, 4) is 0 Å². The van der Waals surface area contributed by atoms with Gasteiger partial charge in [-0.3, -0.25) is 0 Å². The molecule has 1 heterocycles. The molecule has 0 fully saturated rings. The van der Waals surface area contributed by atoms with Crippen molar-refractivity contribution < 1.29 is 29.6 Å². The van der Waals surface area contributed by atoms with Crippen LogP contribution in [0.4, 0.5) is 0 Å². The van der Waals surface area contributed by atoms with Crippen molar-refractivity contribution in [1.82, 2.24) is 5.32 Å². The summed E-state index contributed by atoms with van der Waals surface area (Å²) in [5.74, 6) is -3.15. The van der Waals surface area contributed by atoms with Crippen molar-refractivity contribution >= 4 is 11.9 Å². The standard InChI is InChI=1S/C15H19NO6/c1-15(22-12(14(20)21)11(17)13(18)19)8-16-7-6-9-4-2-3-5-10(9)15/h2-5,11-12,16-17H,6-8H2,1H3,(H,18,19)(H,20,21). The first-order valence-corrected chi connectivity index (χ1v) is 6.96. The van der Waals surface area contributed by atoms with Gasteiger partial charge in [0.15, 0.2) is 12.2 Å². The van der Waals surface area contributed by atoms with Gasteiger partial charge in [0.25, 0.3) is 0 Å². The summed E-state index contributed by atoms with van der Waals surface area (Å²) in [4.78, 5) is 22.2. The summed E-state index contributed by atoms with van der Waals surface area (Å²) >= 11 is 0. The Bertz CT molecular complexity index is 575. The summed E-state index contributed by atoms with van der Waals surface area (Å²) in [6, 6.07) is 7.45. The fourth-order valence-corrected chi connectivity index (χ4v) is 2.66. The number of hydrogen-bond donors (Lipinski definition) is 4. The molecule has 0 radical (unpaired) electrons. The molecule has 3 unspecified atom stereocenters. The Morgan fingerprint density at radius 2 is 1.95 bits per heavy atom. The molecule has 2 rings (SSSR count). The average molecular weight is 309 g/mol. The van der Waals surface area contributed by atoms with E-state index in [1.165, 1.54) is 0 Å². The quantitative estimate of drug-likeness (QED) is 0.603. The van der Waals surface area contributed by atoms with E-state index in [4.69, 9.17) is 9.84 Å². The van der Waals surface area contributed by atoms with Crippen LogP contribution in [-0.2, 0) is 26.3 Å². The molecule has 7 nitrogen and oxygen atoms in total. The SMILES string of the molecule is CC1(OC(C(=O)O)C(O)C(=O)O)CNCCc2ccccc21. The number of nitrogens with one attached hydrogen (secondary N) is 1. The van der Waals surface area contributed by atoms with Gasteiger partial charge in [-0.1, -0.05) is 24.3 Å². The number of ether oxygens (including phenoxy) is 1. The lowest BCUT2D eigenvalue weighted by Crippen LogP contribution is -2.49. The minimum Gasteiger partial charge on any atom is -0.479 e. The summed E-state index contributed by atoms with van der Waals surface area (Å²) in [5, 5.41) is 30.8. The van der Waals surface area contributed by atoms with Crippen molar-refractivity contribution in [2.75, 3.05) is 13.1 Å². The minimum atomic E-state index is -2.13. The van der Waals surface area contributed by atoms with Crippen molar-refractivity contribution in [2.45, 2.75) is 31.2 Å². The number of aliphatic hydroxyl groups excluding tert-OH is 1. The third kappa shape index (κ3) is 3.27. The van der Waals surface area contributed by atoms with Crippen LogP contribution in [0.1, 0.15) is 18.1 Å². The van der Waals surface area contributed by atoms with Gasteiger partial charge in [-0.15, -0.1) is 0 Å². The zero-order valence-corrected chi connectivity index (χ0v) is 12.2. The smallest absolute Gasteiger partial charge is 0.336 e. The zero-order valence-electron chi connectivity index (χ0n) is 12.2. The lowest BCUT2D eigenvalue weighted by molar-refractivity contribution is -0.187. The van der Waals surface area contributed by atoms with Crippen LogP contribution in [0.3, 0.4) is 0 Å². The number of carboxylic acid groups (broad SMARTS) is 2. The Morgan fingerprint density at radius 3 is 2.59 bits per heavy atom. The van der Waals surface area contributed by atoms with E-state index in [1.54, 1.807) is 6.92 Å². The highest BCUT2D eigenvalue weighted by Gasteiger charge is 2.41. The first kappa shape index (κ1) is 16.4. The highest BCUT2D eigenvalue weighted by Crippen LogP contribution is 2.31. The molecular formula is C15H19NO6. The maximum Gasteiger partial charge on any atom is 0.336 e. The van der Waals surface area contributed by atoms with Crippen molar-refractivity contribution in [1.29, 1.82) is 0 Å². The average Bonchev–Trinajstić information content (AvgIpc) is 2.64. The number of aliphatic carboxylic acids is 2. The van der Waals surface area contributed by atoms with Crippen LogP contribution in [0, 0.1) is 0 Å². The van der Waals surface area contributed by atoms with Crippen LogP contribution in [0.25, 0.3) is 0 Å². The van der Waals surface area contributed by atoms with E-state index in [0.717, 1.165) is 17.5 Å². The largest absolute Gasteiger partial charge is 0.479 e. The number of hydrogen-bond acceptors (Lipinski definition) is 5. The van der Waals surface area contributed by atoms with Gasteiger partial charge in [-0.25, -0.2) is 9.59 Å². The molecular weight excluding hydrogens is 290 g/mol. The second-order valence-corrected chi connectivity index (χ2v) is 5.47. The van der Waals surface area contributed by atoms with Gasteiger partial charge in [0, 0.05) is 6.54 Å². The summed E-state index contributed by atoms with van der Waals surface area (Å²) in [6.07, 6.45) is -3.23. The molecule has 120 valence electrons. The number of benzene rings is 1. The fourth-order valence-electron chi connectivity index (χ4n) is 2.66. The van der Waals surface area contributed by atoms with E-state index in [-0.39, 0.29) is 0 Å². The molecule has 1 aliphatic rings. The van der Waals surface area contributed by atoms with Crippen LogP contribution in [0.15, 0.2) is 24.3 Å². The number of carboxylic acids is 2. The molecule has 0 spiro atoms. The number of aliphatic hydroxyl groups is 1. The molecule has 1 aromatic carbocycles. The molecule has 0 saturated heterocycles. The first-order valence-electron chi connectivity index (χ1n) is 6.96. The van der Waals surface area contributed by atoms with Crippen molar-refractivity contribution in [3.05, 3.63) is 35.4 Å². The van der Waals surface area contributed by atoms with Crippen LogP contribution in [0.2, 0.25) is 0 Å². The highest BCUT2D eigenvalue weighted by molar-refractivity contribution is 5.83. The number of carbonyl (C=O) groups is 2. The van der Waals surface area contributed by atoms with Gasteiger partial charge in [0.1, 0.15) is 5.60 Å². The number of fused-ring (bicyclic) bond motifs is 1. The van der Waals surface area contributed by atoms with Gasteiger partial charge in [-0.05, 0) is 31.0 Å². The van der Waals surface area contributed by atoms with Crippen molar-refractivity contribution in [3.63, 3.8) is 0 Å². The predicted molar refractivity (Wildman–Crippen MR) is 76.5 cm³/mol. The number of rotatable bonds is 5. The van der Waals surface area contributed by atoms with Crippen LogP contribution in [-0.4, -0.2) is 52.6 Å². The molecule has 0 amide bonds. The van der Waals surface area contributed by atoms with E-state index in [9.17, 15) is 19.8 Å². The Kier molecular flexibility index (Phi) is 4.80. The minimum absolute atomic E-state index is 0.320. The lowest BCUT2D eigenvalue weighted by Gasteiger charge is -2.34. The van der Waals surface area contributed by atoms with Crippen LogP contribution in [0.5, 0.6) is 0 Å². The predicted octanol–water partition coefficient (Wildman–Crippen LogP) is -0.0372. The summed E-state index contributed by atoms with van der Waals surface area (Å²) < 4.78 is 5.58. The molecule has 0 saturated carbocycles. The lowest BCUT2D eigenvalue weighted by atomic mass is 9.90. The van der Waals surface area contributed by atoms with E-state index < -0.39 is 29.7 Å². The van der Waals surface area contributed by atoms with Gasteiger partial charge in [-0.2, -0.15) is 0 Å². The second-order valence-electron chi connectivity index (χ2n) is 5.47. The molecule has 0 aromatic heterocycles.